The maximum Gasteiger partial charge on any atom is 0.161 e. The van der Waals surface area contributed by atoms with Crippen molar-refractivity contribution < 1.29 is 4.79 Å². The van der Waals surface area contributed by atoms with E-state index in [2.05, 4.69) is 32.7 Å². The number of hydrogen-bond donors (Lipinski definition) is 0. The molecule has 2 aromatic rings. The third-order valence-electron chi connectivity index (χ3n) is 3.18. The minimum absolute atomic E-state index is 0.0782. The summed E-state index contributed by atoms with van der Waals surface area (Å²) in [5.41, 5.74) is 2.90. The second-order valence-corrected chi connectivity index (χ2v) is 5.50. The van der Waals surface area contributed by atoms with E-state index in [1.54, 1.807) is 19.3 Å². The summed E-state index contributed by atoms with van der Waals surface area (Å²) in [6.07, 6.45) is 3.58. The number of halogens is 1. The second-order valence-electron chi connectivity index (χ2n) is 4.59. The van der Waals surface area contributed by atoms with Crippen molar-refractivity contribution in [1.29, 1.82) is 0 Å². The van der Waals surface area contributed by atoms with Crippen molar-refractivity contribution in [3.8, 4) is 0 Å². The topological polar surface area (TPSA) is 33.2 Å². The fraction of sp³-hybridized carbons (Fsp3) is 0.250. The Balaban J connectivity index is 2.34. The quantitative estimate of drug-likeness (QED) is 0.773. The first-order valence-electron chi connectivity index (χ1n) is 6.56. The summed E-state index contributed by atoms with van der Waals surface area (Å²) in [6, 6.07) is 9.83. The van der Waals surface area contributed by atoms with Crippen LogP contribution in [0.15, 0.2) is 47.2 Å². The van der Waals surface area contributed by atoms with Gasteiger partial charge in [-0.25, -0.2) is 0 Å². The number of hydrogen-bond acceptors (Lipinski definition) is 3. The normalized spacial score (nSPS) is 10.3. The SMILES string of the molecule is CCN(Cc1ccncc1)c1ccc(Br)cc1C(C)=O. The van der Waals surface area contributed by atoms with E-state index in [9.17, 15) is 4.79 Å². The van der Waals surface area contributed by atoms with Crippen LogP contribution in [0.3, 0.4) is 0 Å². The molecule has 0 aliphatic rings. The number of carbonyl (C=O) groups is 1. The van der Waals surface area contributed by atoms with Crippen LogP contribution in [0.2, 0.25) is 0 Å². The van der Waals surface area contributed by atoms with Gasteiger partial charge in [0.05, 0.1) is 0 Å². The number of nitrogens with zero attached hydrogens (tertiary/aromatic N) is 2. The fourth-order valence-electron chi connectivity index (χ4n) is 2.14. The van der Waals surface area contributed by atoms with Gasteiger partial charge in [0.25, 0.3) is 0 Å². The molecule has 0 amide bonds. The monoisotopic (exact) mass is 332 g/mol. The summed E-state index contributed by atoms with van der Waals surface area (Å²) in [5, 5.41) is 0. The van der Waals surface area contributed by atoms with E-state index in [-0.39, 0.29) is 5.78 Å². The molecule has 1 aromatic heterocycles. The zero-order chi connectivity index (χ0) is 14.5. The first-order chi connectivity index (χ1) is 9.61. The molecule has 0 aliphatic carbocycles. The zero-order valence-corrected chi connectivity index (χ0v) is 13.2. The molecule has 0 bridgehead atoms. The largest absolute Gasteiger partial charge is 0.367 e. The first-order valence-corrected chi connectivity index (χ1v) is 7.35. The highest BCUT2D eigenvalue weighted by Crippen LogP contribution is 2.26. The van der Waals surface area contributed by atoms with Crippen LogP contribution in [0.25, 0.3) is 0 Å². The van der Waals surface area contributed by atoms with Gasteiger partial charge in [-0.3, -0.25) is 9.78 Å². The molecule has 0 radical (unpaired) electrons. The molecule has 0 saturated heterocycles. The third kappa shape index (κ3) is 3.45. The van der Waals surface area contributed by atoms with Crippen LogP contribution in [0.4, 0.5) is 5.69 Å². The number of Topliss-reactive ketones (excluding diaryl/α,β-unsaturated/α-hetero) is 1. The van der Waals surface area contributed by atoms with Crippen molar-refractivity contribution in [3.63, 3.8) is 0 Å². The van der Waals surface area contributed by atoms with E-state index in [0.29, 0.717) is 0 Å². The molecule has 20 heavy (non-hydrogen) atoms. The lowest BCUT2D eigenvalue weighted by atomic mass is 10.1. The first kappa shape index (κ1) is 14.7. The van der Waals surface area contributed by atoms with E-state index in [0.717, 1.165) is 28.8 Å². The van der Waals surface area contributed by atoms with Gasteiger partial charge in [-0.15, -0.1) is 0 Å². The summed E-state index contributed by atoms with van der Waals surface area (Å²) < 4.78 is 0.923. The smallest absolute Gasteiger partial charge is 0.161 e. The molecule has 0 atom stereocenters. The lowest BCUT2D eigenvalue weighted by Gasteiger charge is -2.25. The molecule has 3 nitrogen and oxygen atoms in total. The predicted molar refractivity (Wildman–Crippen MR) is 85.1 cm³/mol. The number of aromatic nitrogens is 1. The number of anilines is 1. The van der Waals surface area contributed by atoms with Crippen molar-refractivity contribution in [3.05, 3.63) is 58.3 Å². The van der Waals surface area contributed by atoms with Crippen LogP contribution in [0, 0.1) is 0 Å². The molecular weight excluding hydrogens is 316 g/mol. The Morgan fingerprint density at radius 2 is 1.95 bits per heavy atom. The molecule has 0 unspecified atom stereocenters. The van der Waals surface area contributed by atoms with Crippen LogP contribution >= 0.6 is 15.9 Å². The molecule has 1 aromatic carbocycles. The van der Waals surface area contributed by atoms with E-state index in [4.69, 9.17) is 0 Å². The van der Waals surface area contributed by atoms with Gasteiger partial charge in [0.15, 0.2) is 5.78 Å². The highest BCUT2D eigenvalue weighted by molar-refractivity contribution is 9.10. The van der Waals surface area contributed by atoms with E-state index in [1.165, 1.54) is 5.56 Å². The van der Waals surface area contributed by atoms with Crippen molar-refractivity contribution in [2.75, 3.05) is 11.4 Å². The Kier molecular flexibility index (Phi) is 4.90. The maximum absolute atomic E-state index is 11.8. The molecule has 0 spiro atoms. The number of carbonyl (C=O) groups excluding carboxylic acids is 1. The molecule has 1 heterocycles. The second kappa shape index (κ2) is 6.66. The number of benzene rings is 1. The Morgan fingerprint density at radius 1 is 1.25 bits per heavy atom. The van der Waals surface area contributed by atoms with E-state index < -0.39 is 0 Å². The average Bonchev–Trinajstić information content (AvgIpc) is 2.46. The van der Waals surface area contributed by atoms with Crippen molar-refractivity contribution in [1.82, 2.24) is 4.98 Å². The highest BCUT2D eigenvalue weighted by Gasteiger charge is 2.13. The van der Waals surface area contributed by atoms with Gasteiger partial charge in [0.2, 0.25) is 0 Å². The Morgan fingerprint density at radius 3 is 2.55 bits per heavy atom. The van der Waals surface area contributed by atoms with Crippen molar-refractivity contribution >= 4 is 27.4 Å². The minimum Gasteiger partial charge on any atom is -0.367 e. The zero-order valence-electron chi connectivity index (χ0n) is 11.6. The van der Waals surface area contributed by atoms with Gasteiger partial charge in [-0.1, -0.05) is 15.9 Å². The fourth-order valence-corrected chi connectivity index (χ4v) is 2.50. The van der Waals surface area contributed by atoms with Crippen LogP contribution in [0.5, 0.6) is 0 Å². The molecule has 0 N–H and O–H groups in total. The Labute approximate surface area is 127 Å². The van der Waals surface area contributed by atoms with Gasteiger partial charge in [0, 0.05) is 41.2 Å². The lowest BCUT2D eigenvalue weighted by Crippen LogP contribution is -2.24. The van der Waals surface area contributed by atoms with Crippen LogP contribution in [0.1, 0.15) is 29.8 Å². The van der Waals surface area contributed by atoms with E-state index >= 15 is 0 Å². The predicted octanol–water partition coefficient (Wildman–Crippen LogP) is 4.07. The van der Waals surface area contributed by atoms with Gasteiger partial charge in [0.1, 0.15) is 0 Å². The van der Waals surface area contributed by atoms with Crippen LogP contribution in [-0.2, 0) is 6.54 Å². The number of ketones is 1. The summed E-state index contributed by atoms with van der Waals surface area (Å²) in [7, 11) is 0. The standard InChI is InChI=1S/C16H17BrN2O/c1-3-19(11-13-6-8-18-9-7-13)16-5-4-14(17)10-15(16)12(2)20/h4-10H,3,11H2,1-2H3. The summed E-state index contributed by atoms with van der Waals surface area (Å²) in [6.45, 7) is 5.30. The van der Waals surface area contributed by atoms with Gasteiger partial charge in [-0.2, -0.15) is 0 Å². The van der Waals surface area contributed by atoms with Crippen LogP contribution in [-0.4, -0.2) is 17.3 Å². The lowest BCUT2D eigenvalue weighted by molar-refractivity contribution is 0.101. The van der Waals surface area contributed by atoms with Crippen molar-refractivity contribution in [2.45, 2.75) is 20.4 Å². The summed E-state index contributed by atoms with van der Waals surface area (Å²) in [5.74, 6) is 0.0782. The molecule has 0 fully saturated rings. The molecule has 4 heteroatoms. The summed E-state index contributed by atoms with van der Waals surface area (Å²) in [4.78, 5) is 18.1. The van der Waals surface area contributed by atoms with Gasteiger partial charge in [-0.05, 0) is 49.7 Å². The van der Waals surface area contributed by atoms with E-state index in [1.807, 2.05) is 30.3 Å². The molecule has 2 rings (SSSR count). The van der Waals surface area contributed by atoms with Gasteiger partial charge >= 0.3 is 0 Å². The molecule has 0 aliphatic heterocycles. The average molecular weight is 333 g/mol. The Bertz CT molecular complexity index is 599. The van der Waals surface area contributed by atoms with Crippen molar-refractivity contribution in [2.24, 2.45) is 0 Å². The van der Waals surface area contributed by atoms with Gasteiger partial charge < -0.3 is 4.90 Å². The molecule has 104 valence electrons. The molecular formula is C16H17BrN2O. The Hall–Kier alpha value is -1.68. The minimum atomic E-state index is 0.0782. The number of rotatable bonds is 5. The van der Waals surface area contributed by atoms with Crippen LogP contribution < -0.4 is 4.90 Å². The maximum atomic E-state index is 11.8. The number of pyridine rings is 1. The summed E-state index contributed by atoms with van der Waals surface area (Å²) >= 11 is 3.42. The highest BCUT2D eigenvalue weighted by atomic mass is 79.9. The molecule has 0 saturated carbocycles. The third-order valence-corrected chi connectivity index (χ3v) is 3.68.